The molecule has 0 atom stereocenters. The topological polar surface area (TPSA) is 59.2 Å². The number of hydrogen-bond acceptors (Lipinski definition) is 4. The molecule has 2 heterocycles. The van der Waals surface area contributed by atoms with Crippen molar-refractivity contribution in [2.24, 2.45) is 5.92 Å². The van der Waals surface area contributed by atoms with Crippen molar-refractivity contribution in [1.29, 1.82) is 0 Å². The molecule has 1 aromatic carbocycles. The first-order valence-electron chi connectivity index (χ1n) is 8.41. The Hall–Kier alpha value is -2.24. The van der Waals surface area contributed by atoms with E-state index in [-0.39, 0.29) is 17.4 Å². The number of aromatic nitrogens is 2. The quantitative estimate of drug-likeness (QED) is 0.861. The van der Waals surface area contributed by atoms with Gasteiger partial charge in [0.25, 0.3) is 5.91 Å². The molecule has 1 fully saturated rings. The van der Waals surface area contributed by atoms with Gasteiger partial charge in [0.05, 0.1) is 5.56 Å². The van der Waals surface area contributed by atoms with Gasteiger partial charge in [-0.1, -0.05) is 31.1 Å². The molecule has 1 saturated heterocycles. The van der Waals surface area contributed by atoms with E-state index in [9.17, 15) is 9.18 Å². The minimum Gasteiger partial charge on any atom is -0.339 e. The molecule has 0 saturated carbocycles. The molecule has 1 amide bonds. The lowest BCUT2D eigenvalue weighted by Crippen LogP contribution is -2.39. The number of piperidine rings is 1. The molecule has 3 rings (SSSR count). The first-order valence-corrected chi connectivity index (χ1v) is 8.41. The van der Waals surface area contributed by atoms with Crippen molar-refractivity contribution in [2.75, 3.05) is 13.1 Å². The molecule has 0 aliphatic carbocycles. The Morgan fingerprint density at radius 1 is 1.33 bits per heavy atom. The van der Waals surface area contributed by atoms with E-state index in [4.69, 9.17) is 4.52 Å². The molecule has 0 radical (unpaired) electrons. The summed E-state index contributed by atoms with van der Waals surface area (Å²) in [4.78, 5) is 18.5. The van der Waals surface area contributed by atoms with E-state index in [2.05, 4.69) is 10.1 Å². The van der Waals surface area contributed by atoms with E-state index in [1.165, 1.54) is 12.1 Å². The van der Waals surface area contributed by atoms with Crippen LogP contribution in [0, 0.1) is 11.7 Å². The van der Waals surface area contributed by atoms with Crippen LogP contribution in [0.1, 0.15) is 54.7 Å². The van der Waals surface area contributed by atoms with Crippen LogP contribution >= 0.6 is 0 Å². The summed E-state index contributed by atoms with van der Waals surface area (Å²) in [6.45, 7) is 5.31. The highest BCUT2D eigenvalue weighted by atomic mass is 19.1. The SMILES string of the molecule is CC(C)c1noc(CC2CCN(C(=O)c3ccccc3F)CC2)n1. The van der Waals surface area contributed by atoms with E-state index >= 15 is 0 Å². The van der Waals surface area contributed by atoms with Gasteiger partial charge in [0.15, 0.2) is 5.82 Å². The van der Waals surface area contributed by atoms with Crippen molar-refractivity contribution in [2.45, 2.75) is 39.0 Å². The molecule has 6 heteroatoms. The van der Waals surface area contributed by atoms with E-state index in [1.807, 2.05) is 13.8 Å². The predicted octanol–water partition coefficient (Wildman–Crippen LogP) is 3.43. The Labute approximate surface area is 140 Å². The highest BCUT2D eigenvalue weighted by molar-refractivity contribution is 5.94. The first-order chi connectivity index (χ1) is 11.5. The maximum Gasteiger partial charge on any atom is 0.256 e. The summed E-state index contributed by atoms with van der Waals surface area (Å²) < 4.78 is 19.0. The number of likely N-dealkylation sites (tertiary alicyclic amines) is 1. The molecule has 0 bridgehead atoms. The maximum atomic E-state index is 13.8. The summed E-state index contributed by atoms with van der Waals surface area (Å²) in [6, 6.07) is 6.14. The lowest BCUT2D eigenvalue weighted by molar-refractivity contribution is 0.0683. The molecule has 0 unspecified atom stereocenters. The van der Waals surface area contributed by atoms with Crippen LogP contribution in [0.2, 0.25) is 0 Å². The third kappa shape index (κ3) is 3.63. The normalized spacial score (nSPS) is 15.9. The third-order valence-corrected chi connectivity index (χ3v) is 4.47. The van der Waals surface area contributed by atoms with Crippen LogP contribution in [0.15, 0.2) is 28.8 Å². The zero-order chi connectivity index (χ0) is 17.1. The summed E-state index contributed by atoms with van der Waals surface area (Å²) in [6.07, 6.45) is 2.46. The minimum absolute atomic E-state index is 0.148. The van der Waals surface area contributed by atoms with Crippen molar-refractivity contribution in [3.8, 4) is 0 Å². The first kappa shape index (κ1) is 16.6. The fourth-order valence-electron chi connectivity index (χ4n) is 2.98. The third-order valence-electron chi connectivity index (χ3n) is 4.47. The molecule has 1 aliphatic heterocycles. The number of benzene rings is 1. The van der Waals surface area contributed by atoms with Gasteiger partial charge in [-0.3, -0.25) is 4.79 Å². The largest absolute Gasteiger partial charge is 0.339 e. The Bertz CT molecular complexity index is 706. The number of hydrogen-bond donors (Lipinski definition) is 0. The molecular formula is C18H22FN3O2. The summed E-state index contributed by atoms with van der Waals surface area (Å²) in [5, 5.41) is 3.98. The van der Waals surface area contributed by atoms with Gasteiger partial charge >= 0.3 is 0 Å². The van der Waals surface area contributed by atoms with Gasteiger partial charge in [-0.15, -0.1) is 0 Å². The van der Waals surface area contributed by atoms with Crippen molar-refractivity contribution in [3.63, 3.8) is 0 Å². The van der Waals surface area contributed by atoms with Crippen LogP contribution in [-0.2, 0) is 6.42 Å². The molecule has 1 aromatic heterocycles. The number of amides is 1. The maximum absolute atomic E-state index is 13.8. The molecule has 0 N–H and O–H groups in total. The van der Waals surface area contributed by atoms with Crippen LogP contribution in [0.4, 0.5) is 4.39 Å². The van der Waals surface area contributed by atoms with Crippen LogP contribution in [0.5, 0.6) is 0 Å². The van der Waals surface area contributed by atoms with Gasteiger partial charge in [0.1, 0.15) is 5.82 Å². The van der Waals surface area contributed by atoms with E-state index < -0.39 is 5.82 Å². The highest BCUT2D eigenvalue weighted by Gasteiger charge is 2.26. The summed E-state index contributed by atoms with van der Waals surface area (Å²) in [7, 11) is 0. The van der Waals surface area contributed by atoms with Gasteiger partial charge in [-0.05, 0) is 30.9 Å². The second-order valence-electron chi connectivity index (χ2n) is 6.62. The second kappa shape index (κ2) is 7.11. The molecule has 0 spiro atoms. The van der Waals surface area contributed by atoms with Gasteiger partial charge in [-0.25, -0.2) is 4.39 Å². The summed E-state index contributed by atoms with van der Waals surface area (Å²) in [5.74, 6) is 1.37. The van der Waals surface area contributed by atoms with Crippen molar-refractivity contribution < 1.29 is 13.7 Å². The molecule has 2 aromatic rings. The lowest BCUT2D eigenvalue weighted by atomic mass is 9.93. The molecule has 1 aliphatic rings. The Morgan fingerprint density at radius 2 is 2.04 bits per heavy atom. The van der Waals surface area contributed by atoms with Gasteiger partial charge in [0.2, 0.25) is 5.89 Å². The fourth-order valence-corrected chi connectivity index (χ4v) is 2.98. The summed E-state index contributed by atoms with van der Waals surface area (Å²) in [5.41, 5.74) is 0.148. The van der Waals surface area contributed by atoms with Crippen molar-refractivity contribution >= 4 is 5.91 Å². The van der Waals surface area contributed by atoms with Gasteiger partial charge in [-0.2, -0.15) is 4.98 Å². The molecule has 5 nitrogen and oxygen atoms in total. The van der Waals surface area contributed by atoms with E-state index in [0.29, 0.717) is 24.9 Å². The fraction of sp³-hybridized carbons (Fsp3) is 0.500. The van der Waals surface area contributed by atoms with Crippen molar-refractivity contribution in [1.82, 2.24) is 15.0 Å². The minimum atomic E-state index is -0.461. The number of carbonyl (C=O) groups excluding carboxylic acids is 1. The number of nitrogens with zero attached hydrogens (tertiary/aromatic N) is 3. The van der Waals surface area contributed by atoms with Crippen LogP contribution in [-0.4, -0.2) is 34.0 Å². The average Bonchev–Trinajstić information content (AvgIpc) is 3.04. The Balaban J connectivity index is 1.55. The molecule has 128 valence electrons. The van der Waals surface area contributed by atoms with Gasteiger partial charge < -0.3 is 9.42 Å². The number of carbonyl (C=O) groups is 1. The highest BCUT2D eigenvalue weighted by Crippen LogP contribution is 2.23. The zero-order valence-corrected chi connectivity index (χ0v) is 14.0. The zero-order valence-electron chi connectivity index (χ0n) is 14.0. The van der Waals surface area contributed by atoms with Crippen LogP contribution in [0.3, 0.4) is 0 Å². The Morgan fingerprint density at radius 3 is 2.67 bits per heavy atom. The monoisotopic (exact) mass is 331 g/mol. The predicted molar refractivity (Wildman–Crippen MR) is 87.1 cm³/mol. The van der Waals surface area contributed by atoms with Gasteiger partial charge in [0, 0.05) is 25.4 Å². The number of halogens is 1. The van der Waals surface area contributed by atoms with Crippen LogP contribution < -0.4 is 0 Å². The molecular weight excluding hydrogens is 309 g/mol. The lowest BCUT2D eigenvalue weighted by Gasteiger charge is -2.31. The second-order valence-corrected chi connectivity index (χ2v) is 6.62. The van der Waals surface area contributed by atoms with Crippen molar-refractivity contribution in [3.05, 3.63) is 47.4 Å². The van der Waals surface area contributed by atoms with Crippen LogP contribution in [0.25, 0.3) is 0 Å². The molecule has 24 heavy (non-hydrogen) atoms. The summed E-state index contributed by atoms with van der Waals surface area (Å²) >= 11 is 0. The van der Waals surface area contributed by atoms with E-state index in [1.54, 1.807) is 17.0 Å². The van der Waals surface area contributed by atoms with E-state index in [0.717, 1.165) is 25.1 Å². The standard InChI is InChI=1S/C18H22FN3O2/c1-12(2)17-20-16(24-21-17)11-13-7-9-22(10-8-13)18(23)14-5-3-4-6-15(14)19/h3-6,12-13H,7-11H2,1-2H3. The average molecular weight is 331 g/mol. The smallest absolute Gasteiger partial charge is 0.256 e. The Kier molecular flexibility index (Phi) is 4.92. The number of rotatable bonds is 4.